The molecule has 14 rings (SSSR count). The summed E-state index contributed by atoms with van der Waals surface area (Å²) in [5, 5.41) is 0. The Morgan fingerprint density at radius 2 is 0.259 bits per heavy atom. The molecule has 574 valence electrons. The van der Waals surface area contributed by atoms with E-state index in [-0.39, 0.29) is 43.3 Å². The Kier molecular flexibility index (Phi) is 19.6. The van der Waals surface area contributed by atoms with Crippen LogP contribution in [0.4, 0.5) is 68.2 Å². The zero-order chi connectivity index (χ0) is 80.6. The molecule has 0 N–H and O–H groups in total. The molecule has 0 radical (unpaired) electrons. The van der Waals surface area contributed by atoms with Crippen molar-refractivity contribution in [2.75, 3.05) is 19.6 Å². The lowest BCUT2D eigenvalue weighted by atomic mass is 9.56. The molecule has 0 atom stereocenters. The molecular formula is C108H122N4. The molecule has 0 aliphatic heterocycles. The van der Waals surface area contributed by atoms with Crippen LogP contribution in [0.5, 0.6) is 0 Å². The summed E-state index contributed by atoms with van der Waals surface area (Å²) < 4.78 is 0. The van der Waals surface area contributed by atoms with Gasteiger partial charge in [-0.05, 0) is 278 Å². The van der Waals surface area contributed by atoms with Crippen molar-refractivity contribution in [1.82, 2.24) is 0 Å². The zero-order valence-electron chi connectivity index (χ0n) is 72.2. The van der Waals surface area contributed by atoms with Crippen LogP contribution in [0, 0.1) is 0 Å². The summed E-state index contributed by atoms with van der Waals surface area (Å²) in [6.07, 6.45) is 0. The van der Waals surface area contributed by atoms with Gasteiger partial charge < -0.3 is 19.6 Å². The Bertz CT molecular complexity index is 4510. The van der Waals surface area contributed by atoms with E-state index in [4.69, 9.17) is 0 Å². The molecular weight excluding hydrogens is 1350 g/mol. The summed E-state index contributed by atoms with van der Waals surface area (Å²) in [6, 6.07) is 105. The predicted octanol–water partition coefficient (Wildman–Crippen LogP) is 31.2. The van der Waals surface area contributed by atoms with Crippen LogP contribution in [0.3, 0.4) is 0 Å². The normalized spacial score (nSPS) is 14.1. The van der Waals surface area contributed by atoms with Crippen molar-refractivity contribution in [2.45, 2.75) is 234 Å². The Balaban J connectivity index is 1.09. The Hall–Kier alpha value is -10.2. The van der Waals surface area contributed by atoms with Crippen molar-refractivity contribution in [2.24, 2.45) is 0 Å². The number of rotatable bonds is 13. The second kappa shape index (κ2) is 27.9. The second-order valence-corrected chi connectivity index (χ2v) is 40.9. The lowest BCUT2D eigenvalue weighted by Gasteiger charge is -2.46. The van der Waals surface area contributed by atoms with Crippen molar-refractivity contribution >= 4 is 68.2 Å². The fraction of sp³-hybridized carbons (Fsp3) is 0.333. The van der Waals surface area contributed by atoms with E-state index in [1.165, 1.54) is 89.0 Å². The largest absolute Gasteiger partial charge is 0.310 e. The summed E-state index contributed by atoms with van der Waals surface area (Å²) in [5.41, 5.74) is 31.8. The number of benzene rings is 12. The monoisotopic (exact) mass is 1470 g/mol. The van der Waals surface area contributed by atoms with Crippen molar-refractivity contribution < 1.29 is 0 Å². The van der Waals surface area contributed by atoms with Crippen molar-refractivity contribution in [3.05, 3.63) is 334 Å². The summed E-state index contributed by atoms with van der Waals surface area (Å²) >= 11 is 0. The quantitative estimate of drug-likeness (QED) is 0.114. The highest BCUT2D eigenvalue weighted by Gasteiger charge is 2.58. The molecule has 0 unspecified atom stereocenters. The Labute approximate surface area is 673 Å². The van der Waals surface area contributed by atoms with Gasteiger partial charge in [0.25, 0.3) is 0 Å². The number of hydrogen-bond donors (Lipinski definition) is 0. The van der Waals surface area contributed by atoms with Crippen LogP contribution < -0.4 is 19.6 Å². The van der Waals surface area contributed by atoms with Gasteiger partial charge >= 0.3 is 0 Å². The van der Waals surface area contributed by atoms with Crippen molar-refractivity contribution in [3.8, 4) is 22.3 Å². The lowest BCUT2D eigenvalue weighted by Crippen LogP contribution is -2.44. The number of nitrogens with zero attached hydrogens (tertiary/aromatic N) is 4. The Morgan fingerprint density at radius 3 is 0.366 bits per heavy atom. The molecule has 0 saturated heterocycles. The molecule has 12 aromatic rings. The molecule has 2 aliphatic carbocycles. The first kappa shape index (κ1) is 78.5. The topological polar surface area (TPSA) is 13.0 Å². The molecule has 0 aromatic heterocycles. The first-order valence-electron chi connectivity index (χ1n) is 41.0. The fourth-order valence-corrected chi connectivity index (χ4v) is 17.3. The summed E-state index contributed by atoms with van der Waals surface area (Å²) in [5.74, 6) is 0. The highest BCUT2D eigenvalue weighted by Crippen LogP contribution is 2.67. The first-order valence-corrected chi connectivity index (χ1v) is 41.0. The first-order chi connectivity index (χ1) is 52.3. The molecule has 2 aliphatic rings. The van der Waals surface area contributed by atoms with Gasteiger partial charge in [0.1, 0.15) is 0 Å². The molecule has 0 fully saturated rings. The molecule has 0 spiro atoms. The van der Waals surface area contributed by atoms with E-state index in [9.17, 15) is 0 Å². The van der Waals surface area contributed by atoms with Crippen molar-refractivity contribution in [3.63, 3.8) is 0 Å². The third-order valence-electron chi connectivity index (χ3n) is 24.7. The van der Waals surface area contributed by atoms with Crippen LogP contribution in [0.15, 0.2) is 267 Å². The minimum absolute atomic E-state index is 0.0301. The number of fused-ring (bicyclic) bond motifs is 6. The highest BCUT2D eigenvalue weighted by atomic mass is 15.2. The van der Waals surface area contributed by atoms with Gasteiger partial charge in [0.05, 0.1) is 0 Å². The van der Waals surface area contributed by atoms with E-state index >= 15 is 0 Å². The highest BCUT2D eigenvalue weighted by molar-refractivity contribution is 5.95. The maximum Gasteiger partial charge on any atom is 0.0465 e. The van der Waals surface area contributed by atoms with Gasteiger partial charge in [-0.25, -0.2) is 0 Å². The van der Waals surface area contributed by atoms with Crippen LogP contribution in [-0.4, -0.2) is 0 Å². The fourth-order valence-electron chi connectivity index (χ4n) is 17.3. The molecule has 12 aromatic carbocycles. The van der Waals surface area contributed by atoms with Gasteiger partial charge in [0.2, 0.25) is 0 Å². The molecule has 4 nitrogen and oxygen atoms in total. The molecule has 0 saturated carbocycles. The average molecular weight is 1480 g/mol. The molecule has 112 heavy (non-hydrogen) atoms. The van der Waals surface area contributed by atoms with Gasteiger partial charge in [0, 0.05) is 79.1 Å². The minimum Gasteiger partial charge on any atom is -0.310 e. The smallest absolute Gasteiger partial charge is 0.0465 e. The van der Waals surface area contributed by atoms with Gasteiger partial charge in [-0.1, -0.05) is 301 Å². The molecule has 0 amide bonds. The second-order valence-electron chi connectivity index (χ2n) is 40.9. The van der Waals surface area contributed by atoms with E-state index in [1.807, 2.05) is 0 Å². The van der Waals surface area contributed by atoms with Gasteiger partial charge in [-0.3, -0.25) is 0 Å². The lowest BCUT2D eigenvalue weighted by molar-refractivity contribution is 0.376. The van der Waals surface area contributed by atoms with E-state index in [1.54, 1.807) is 0 Å². The maximum absolute atomic E-state index is 2.62. The van der Waals surface area contributed by atoms with E-state index in [0.717, 1.165) is 68.2 Å². The van der Waals surface area contributed by atoms with Crippen LogP contribution in [0.2, 0.25) is 0 Å². The van der Waals surface area contributed by atoms with Crippen LogP contribution in [-0.2, 0) is 54.1 Å². The van der Waals surface area contributed by atoms with E-state index < -0.39 is 10.8 Å². The molecule has 0 heterocycles. The van der Waals surface area contributed by atoms with Gasteiger partial charge in [-0.2, -0.15) is 0 Å². The van der Waals surface area contributed by atoms with Crippen molar-refractivity contribution in [1.29, 1.82) is 0 Å². The Morgan fingerprint density at radius 1 is 0.152 bits per heavy atom. The van der Waals surface area contributed by atoms with E-state index in [2.05, 4.69) is 467 Å². The summed E-state index contributed by atoms with van der Waals surface area (Å²) in [4.78, 5) is 10.0. The third kappa shape index (κ3) is 14.6. The van der Waals surface area contributed by atoms with Crippen LogP contribution in [0.25, 0.3) is 22.3 Å². The minimum atomic E-state index is -0.808. The van der Waals surface area contributed by atoms with Gasteiger partial charge in [-0.15, -0.1) is 0 Å². The molecule has 4 heteroatoms. The summed E-state index contributed by atoms with van der Waals surface area (Å²) in [7, 11) is 0. The summed E-state index contributed by atoms with van der Waals surface area (Å²) in [6.45, 7) is 60.7. The van der Waals surface area contributed by atoms with Crippen LogP contribution >= 0.6 is 0 Å². The average Bonchev–Trinajstić information content (AvgIpc) is 1.48. The number of hydrogen-bond acceptors (Lipinski definition) is 4. The predicted molar refractivity (Wildman–Crippen MR) is 485 cm³/mol. The van der Waals surface area contributed by atoms with Crippen LogP contribution in [0.1, 0.15) is 247 Å². The SMILES string of the molecule is CC(C)(C)c1ccc(N(c2ccc(C(C)(C)C)cc2)c2ccc3c(c2)C(C)(C2(C)c4cc(N(c5ccc(C(C)(C)C)cc5)c5ccc(C(C)(C)C)cc5)ccc4-c4ccc(N(c5ccc(C(C)(C)C)cc5)c5ccc(C(C)(C)C)cc5)cc42)c2cc(N(c4ccc(C(C)(C)C)cc4)c4ccc(C(C)(C)C)cc4)ccc2-3)cc1. The number of anilines is 12. The van der Waals surface area contributed by atoms with Gasteiger partial charge in [0.15, 0.2) is 0 Å². The maximum atomic E-state index is 2.62. The molecule has 0 bridgehead atoms. The standard InChI is InChI=1S/C108H122N4/c1-99(2,3)71-27-43-79(44-28-71)109(80-45-29-72(30-46-80)100(4,5)6)87-59-63-91-92-64-60-88(110(81-47-31-73(32-48-81)101(7,8)9)82-49-33-74(34-50-82)102(10,11)12)68-96(92)107(25,95(91)67-87)108(26)97-69-89(111(83-51-35-75(36-52-83)103(13,14)15)84-53-37-76(38-54-84)104(16,17)18)61-65-93(97)94-66-62-90(70-98(94)108)112(85-55-39-77(40-56-85)105(19,20)21)86-57-41-78(42-58-86)106(22,23)24/h27-70H,1-26H3. The van der Waals surface area contributed by atoms with E-state index in [0.29, 0.717) is 0 Å². The zero-order valence-corrected chi connectivity index (χ0v) is 72.2. The third-order valence-corrected chi connectivity index (χ3v) is 24.7.